The lowest BCUT2D eigenvalue weighted by atomic mass is 10.0. The molecule has 0 saturated carbocycles. The van der Waals surface area contributed by atoms with Crippen LogP contribution >= 0.6 is 0 Å². The Morgan fingerprint density at radius 1 is 1.53 bits per heavy atom. The van der Waals surface area contributed by atoms with E-state index in [1.54, 1.807) is 0 Å². The SMILES string of the molecule is C=CC(O)c1cc([N+](=O)[O-])cc(N)c1N. The number of hydrogen-bond acceptors (Lipinski definition) is 5. The zero-order valence-corrected chi connectivity index (χ0v) is 7.88. The predicted octanol–water partition coefficient (Wildman–Crippen LogP) is 0.979. The molecule has 0 bridgehead atoms. The van der Waals surface area contributed by atoms with Gasteiger partial charge in [-0.05, 0) is 0 Å². The van der Waals surface area contributed by atoms with Gasteiger partial charge < -0.3 is 16.6 Å². The Balaban J connectivity index is 3.37. The molecule has 0 heterocycles. The van der Waals surface area contributed by atoms with Crippen LogP contribution in [0.25, 0.3) is 0 Å². The largest absolute Gasteiger partial charge is 0.397 e. The molecule has 0 amide bonds. The van der Waals surface area contributed by atoms with Crippen LogP contribution in [0.2, 0.25) is 0 Å². The molecule has 15 heavy (non-hydrogen) atoms. The molecule has 0 aromatic heterocycles. The first-order chi connectivity index (χ1) is 6.97. The van der Waals surface area contributed by atoms with Gasteiger partial charge in [-0.2, -0.15) is 0 Å². The fourth-order valence-corrected chi connectivity index (χ4v) is 1.16. The highest BCUT2D eigenvalue weighted by Crippen LogP contribution is 2.31. The first-order valence-electron chi connectivity index (χ1n) is 4.11. The smallest absolute Gasteiger partial charge is 0.272 e. The van der Waals surface area contributed by atoms with Crippen molar-refractivity contribution in [1.29, 1.82) is 0 Å². The lowest BCUT2D eigenvalue weighted by Crippen LogP contribution is -2.05. The topological polar surface area (TPSA) is 115 Å². The summed E-state index contributed by atoms with van der Waals surface area (Å²) in [4.78, 5) is 9.93. The van der Waals surface area contributed by atoms with Crippen LogP contribution in [0.4, 0.5) is 17.1 Å². The molecule has 0 aliphatic carbocycles. The minimum atomic E-state index is -1.06. The van der Waals surface area contributed by atoms with Crippen molar-refractivity contribution in [2.45, 2.75) is 6.10 Å². The molecular weight excluding hydrogens is 198 g/mol. The Morgan fingerprint density at radius 2 is 2.13 bits per heavy atom. The number of nitrogens with zero attached hydrogens (tertiary/aromatic N) is 1. The van der Waals surface area contributed by atoms with E-state index >= 15 is 0 Å². The summed E-state index contributed by atoms with van der Waals surface area (Å²) in [5, 5.41) is 20.0. The van der Waals surface area contributed by atoms with Crippen LogP contribution in [0, 0.1) is 10.1 Å². The average Bonchev–Trinajstić information content (AvgIpc) is 2.20. The van der Waals surface area contributed by atoms with E-state index in [9.17, 15) is 15.2 Å². The zero-order chi connectivity index (χ0) is 11.6. The standard InChI is InChI=1S/C9H11N3O3/c1-2-8(13)6-3-5(12(14)15)4-7(10)9(6)11/h2-4,8,13H,1,10-11H2. The van der Waals surface area contributed by atoms with E-state index in [4.69, 9.17) is 11.5 Å². The van der Waals surface area contributed by atoms with E-state index in [1.807, 2.05) is 0 Å². The van der Waals surface area contributed by atoms with Gasteiger partial charge in [0.25, 0.3) is 5.69 Å². The second-order valence-electron chi connectivity index (χ2n) is 2.98. The molecule has 80 valence electrons. The second kappa shape index (κ2) is 3.97. The summed E-state index contributed by atoms with van der Waals surface area (Å²) in [6, 6.07) is 2.33. The van der Waals surface area contributed by atoms with Crippen molar-refractivity contribution in [3.63, 3.8) is 0 Å². The number of nitrogen functional groups attached to an aromatic ring is 2. The predicted molar refractivity (Wildman–Crippen MR) is 57.1 cm³/mol. The van der Waals surface area contributed by atoms with Crippen molar-refractivity contribution in [3.05, 3.63) is 40.5 Å². The molecule has 6 heteroatoms. The fraction of sp³-hybridized carbons (Fsp3) is 0.111. The van der Waals surface area contributed by atoms with Gasteiger partial charge in [-0.25, -0.2) is 0 Å². The number of hydrogen-bond donors (Lipinski definition) is 3. The number of nitro groups is 1. The van der Waals surface area contributed by atoms with Gasteiger partial charge in [0, 0.05) is 17.7 Å². The van der Waals surface area contributed by atoms with Gasteiger partial charge in [0.1, 0.15) is 0 Å². The molecule has 0 radical (unpaired) electrons. The second-order valence-corrected chi connectivity index (χ2v) is 2.98. The Labute approximate surface area is 86.0 Å². The van der Waals surface area contributed by atoms with Crippen LogP contribution in [0.5, 0.6) is 0 Å². The Morgan fingerprint density at radius 3 is 2.60 bits per heavy atom. The summed E-state index contributed by atoms with van der Waals surface area (Å²) >= 11 is 0. The third-order valence-corrected chi connectivity index (χ3v) is 1.98. The van der Waals surface area contributed by atoms with E-state index in [1.165, 1.54) is 12.1 Å². The van der Waals surface area contributed by atoms with Crippen molar-refractivity contribution in [2.24, 2.45) is 0 Å². The highest BCUT2D eigenvalue weighted by Gasteiger charge is 2.16. The minimum absolute atomic E-state index is 0.0695. The molecule has 0 aliphatic rings. The Hall–Kier alpha value is -2.08. The summed E-state index contributed by atoms with van der Waals surface area (Å²) in [6.07, 6.45) is 0.154. The monoisotopic (exact) mass is 209 g/mol. The van der Waals surface area contributed by atoms with Crippen molar-refractivity contribution in [2.75, 3.05) is 11.5 Å². The Bertz CT molecular complexity index is 417. The molecule has 1 aromatic rings. The lowest BCUT2D eigenvalue weighted by Gasteiger charge is -2.10. The van der Waals surface area contributed by atoms with Gasteiger partial charge in [-0.1, -0.05) is 6.08 Å². The van der Waals surface area contributed by atoms with Gasteiger partial charge in [-0.15, -0.1) is 6.58 Å². The summed E-state index contributed by atoms with van der Waals surface area (Å²) in [5.74, 6) is 0. The van der Waals surface area contributed by atoms with Gasteiger partial charge in [0.05, 0.1) is 22.4 Å². The number of aliphatic hydroxyl groups excluding tert-OH is 1. The van der Waals surface area contributed by atoms with E-state index in [0.29, 0.717) is 0 Å². The highest BCUT2D eigenvalue weighted by molar-refractivity contribution is 5.72. The quantitative estimate of drug-likeness (QED) is 0.297. The van der Waals surface area contributed by atoms with Crippen LogP contribution in [0.1, 0.15) is 11.7 Å². The van der Waals surface area contributed by atoms with Crippen LogP contribution in [0.15, 0.2) is 24.8 Å². The van der Waals surface area contributed by atoms with Crippen LogP contribution in [0.3, 0.4) is 0 Å². The zero-order valence-electron chi connectivity index (χ0n) is 7.88. The number of benzene rings is 1. The molecule has 0 spiro atoms. The maximum atomic E-state index is 10.5. The first-order valence-corrected chi connectivity index (χ1v) is 4.11. The van der Waals surface area contributed by atoms with Gasteiger partial charge in [-0.3, -0.25) is 10.1 Å². The third kappa shape index (κ3) is 2.05. The Kier molecular flexibility index (Phi) is 2.91. The van der Waals surface area contributed by atoms with Crippen molar-refractivity contribution >= 4 is 17.1 Å². The molecular formula is C9H11N3O3. The van der Waals surface area contributed by atoms with Crippen molar-refractivity contribution in [1.82, 2.24) is 0 Å². The van der Waals surface area contributed by atoms with Crippen molar-refractivity contribution in [3.8, 4) is 0 Å². The van der Waals surface area contributed by atoms with Crippen LogP contribution in [-0.4, -0.2) is 10.0 Å². The third-order valence-electron chi connectivity index (χ3n) is 1.98. The van der Waals surface area contributed by atoms with Gasteiger partial charge in [0.2, 0.25) is 0 Å². The molecule has 0 saturated heterocycles. The molecule has 0 fully saturated rings. The minimum Gasteiger partial charge on any atom is -0.397 e. The number of non-ortho nitro benzene ring substituents is 1. The average molecular weight is 209 g/mol. The molecule has 5 N–H and O–H groups in total. The van der Waals surface area contributed by atoms with Crippen LogP contribution < -0.4 is 11.5 Å². The maximum absolute atomic E-state index is 10.5. The van der Waals surface area contributed by atoms with Crippen molar-refractivity contribution < 1.29 is 10.0 Å². The molecule has 1 aromatic carbocycles. The number of nitrogens with two attached hydrogens (primary N) is 2. The summed E-state index contributed by atoms with van der Waals surface area (Å²) in [5.41, 5.74) is 11.2. The molecule has 1 atom stereocenters. The van der Waals surface area contributed by atoms with E-state index in [2.05, 4.69) is 6.58 Å². The first kappa shape index (κ1) is 11.0. The van der Waals surface area contributed by atoms with E-state index < -0.39 is 11.0 Å². The lowest BCUT2D eigenvalue weighted by molar-refractivity contribution is -0.384. The maximum Gasteiger partial charge on any atom is 0.272 e. The number of rotatable bonds is 3. The number of anilines is 2. The molecule has 0 aliphatic heterocycles. The highest BCUT2D eigenvalue weighted by atomic mass is 16.6. The van der Waals surface area contributed by atoms with E-state index in [-0.39, 0.29) is 22.6 Å². The van der Waals surface area contributed by atoms with Crippen LogP contribution in [-0.2, 0) is 0 Å². The number of nitro benzene ring substituents is 1. The molecule has 1 unspecified atom stereocenters. The van der Waals surface area contributed by atoms with Gasteiger partial charge in [0.15, 0.2) is 0 Å². The normalized spacial score (nSPS) is 12.1. The summed E-state index contributed by atoms with van der Waals surface area (Å²) in [7, 11) is 0. The summed E-state index contributed by atoms with van der Waals surface area (Å²) in [6.45, 7) is 3.37. The fourth-order valence-electron chi connectivity index (χ4n) is 1.16. The number of aliphatic hydroxyl groups is 1. The van der Waals surface area contributed by atoms with Gasteiger partial charge >= 0.3 is 0 Å². The molecule has 1 rings (SSSR count). The summed E-state index contributed by atoms with van der Waals surface area (Å²) < 4.78 is 0. The van der Waals surface area contributed by atoms with E-state index in [0.717, 1.165) is 6.07 Å². The molecule has 6 nitrogen and oxygen atoms in total.